The Balaban J connectivity index is 1.80. The Morgan fingerprint density at radius 1 is 0.958 bits per heavy atom. The summed E-state index contributed by atoms with van der Waals surface area (Å²) in [5.41, 5.74) is 0.526. The molecule has 2 heterocycles. The van der Waals surface area contributed by atoms with Gasteiger partial charge in [-0.05, 0) is 24.3 Å². The van der Waals surface area contributed by atoms with Gasteiger partial charge in [-0.1, -0.05) is 0 Å². The lowest BCUT2D eigenvalue weighted by Gasteiger charge is -2.07. The number of ether oxygens (including phenoxy) is 1. The van der Waals surface area contributed by atoms with Gasteiger partial charge in [0.2, 0.25) is 0 Å². The van der Waals surface area contributed by atoms with Gasteiger partial charge in [0.05, 0.1) is 25.0 Å². The van der Waals surface area contributed by atoms with Gasteiger partial charge in [-0.25, -0.2) is 18.7 Å². The maximum Gasteiger partial charge on any atom is 0.169 e. The summed E-state index contributed by atoms with van der Waals surface area (Å²) in [6.07, 6.45) is 5.13. The maximum absolute atomic E-state index is 13.8. The molecule has 5 nitrogen and oxygen atoms in total. The number of benzene rings is 1. The Morgan fingerprint density at radius 3 is 2.46 bits per heavy atom. The van der Waals surface area contributed by atoms with Crippen LogP contribution < -0.4 is 4.74 Å². The average Bonchev–Trinajstić information content (AvgIpc) is 2.57. The van der Waals surface area contributed by atoms with Gasteiger partial charge in [0.25, 0.3) is 0 Å². The fourth-order valence-electron chi connectivity index (χ4n) is 2.03. The van der Waals surface area contributed by atoms with E-state index in [0.717, 1.165) is 18.3 Å². The van der Waals surface area contributed by atoms with Crippen LogP contribution in [0.3, 0.4) is 0 Å². The molecule has 0 spiro atoms. The first-order valence-electron chi connectivity index (χ1n) is 6.97. The molecule has 0 amide bonds. The molecule has 24 heavy (non-hydrogen) atoms. The predicted octanol–water partition coefficient (Wildman–Crippen LogP) is 3.37. The minimum Gasteiger partial charge on any atom is -0.454 e. The fourth-order valence-corrected chi connectivity index (χ4v) is 2.03. The van der Waals surface area contributed by atoms with Gasteiger partial charge >= 0.3 is 0 Å². The van der Waals surface area contributed by atoms with Crippen LogP contribution in [0.2, 0.25) is 0 Å². The predicted molar refractivity (Wildman–Crippen MR) is 80.7 cm³/mol. The van der Waals surface area contributed by atoms with E-state index in [1.807, 2.05) is 0 Å². The van der Waals surface area contributed by atoms with E-state index in [-0.39, 0.29) is 23.5 Å². The molecule has 0 N–H and O–H groups in total. The van der Waals surface area contributed by atoms with Crippen molar-refractivity contribution >= 4 is 5.78 Å². The number of hydrogen-bond donors (Lipinski definition) is 0. The lowest BCUT2D eigenvalue weighted by atomic mass is 10.1. The van der Waals surface area contributed by atoms with Crippen molar-refractivity contribution in [2.75, 3.05) is 0 Å². The lowest BCUT2D eigenvalue weighted by Crippen LogP contribution is -2.06. The van der Waals surface area contributed by atoms with Crippen molar-refractivity contribution in [3.05, 3.63) is 78.1 Å². The molecule has 3 rings (SSSR count). The van der Waals surface area contributed by atoms with Gasteiger partial charge in [-0.3, -0.25) is 9.78 Å². The highest BCUT2D eigenvalue weighted by molar-refractivity contribution is 5.97. The van der Waals surface area contributed by atoms with Crippen LogP contribution in [-0.2, 0) is 6.42 Å². The molecule has 0 atom stereocenters. The third kappa shape index (κ3) is 3.95. The van der Waals surface area contributed by atoms with Gasteiger partial charge in [-0.2, -0.15) is 0 Å². The quantitative estimate of drug-likeness (QED) is 0.672. The summed E-state index contributed by atoms with van der Waals surface area (Å²) in [5.74, 6) is -0.984. The fraction of sp³-hybridized carbons (Fsp3) is 0.0588. The summed E-state index contributed by atoms with van der Waals surface area (Å²) in [4.78, 5) is 23.7. The van der Waals surface area contributed by atoms with Crippen LogP contribution in [0.5, 0.6) is 11.5 Å². The topological polar surface area (TPSA) is 65.0 Å². The normalized spacial score (nSPS) is 10.4. The van der Waals surface area contributed by atoms with Crippen LogP contribution in [0, 0.1) is 11.6 Å². The number of nitrogens with zero attached hydrogens (tertiary/aromatic N) is 3. The van der Waals surface area contributed by atoms with E-state index in [2.05, 4.69) is 15.0 Å². The number of carbonyl (C=O) groups is 1. The molecule has 0 aliphatic heterocycles. The highest BCUT2D eigenvalue weighted by atomic mass is 19.1. The molecule has 0 unspecified atom stereocenters. The molecular weight excluding hydrogens is 316 g/mol. The first kappa shape index (κ1) is 15.7. The van der Waals surface area contributed by atoms with E-state index in [1.165, 1.54) is 36.9 Å². The number of ketones is 1. The van der Waals surface area contributed by atoms with E-state index in [1.54, 1.807) is 0 Å². The van der Waals surface area contributed by atoms with E-state index in [9.17, 15) is 13.6 Å². The Hall–Kier alpha value is -3.22. The van der Waals surface area contributed by atoms with Crippen LogP contribution in [0.4, 0.5) is 8.78 Å². The van der Waals surface area contributed by atoms with Crippen LogP contribution in [-0.4, -0.2) is 20.7 Å². The standard InChI is InChI=1S/C17H11F2N3O2/c18-12-1-2-14(22-7-12)6-17(23)11-3-13(19)5-15(4-11)24-16-8-20-10-21-9-16/h1-5,7-10H,6H2. The monoisotopic (exact) mass is 327 g/mol. The van der Waals surface area contributed by atoms with E-state index >= 15 is 0 Å². The molecule has 0 radical (unpaired) electrons. The summed E-state index contributed by atoms with van der Waals surface area (Å²) in [6, 6.07) is 6.30. The van der Waals surface area contributed by atoms with Crippen molar-refractivity contribution in [2.45, 2.75) is 6.42 Å². The Morgan fingerprint density at radius 2 is 1.75 bits per heavy atom. The van der Waals surface area contributed by atoms with Crippen molar-refractivity contribution in [3.63, 3.8) is 0 Å². The van der Waals surface area contributed by atoms with E-state index in [4.69, 9.17) is 4.74 Å². The highest BCUT2D eigenvalue weighted by Crippen LogP contribution is 2.23. The number of hydrogen-bond acceptors (Lipinski definition) is 5. The SMILES string of the molecule is O=C(Cc1ccc(F)cn1)c1cc(F)cc(Oc2cncnc2)c1. The van der Waals surface area contributed by atoms with Gasteiger partial charge in [0, 0.05) is 17.3 Å². The van der Waals surface area contributed by atoms with Crippen molar-refractivity contribution in [2.24, 2.45) is 0 Å². The molecular formula is C17H11F2N3O2. The van der Waals surface area contributed by atoms with Crippen molar-refractivity contribution in [1.29, 1.82) is 0 Å². The first-order valence-corrected chi connectivity index (χ1v) is 6.97. The number of rotatable bonds is 5. The molecule has 1 aromatic carbocycles. The molecule has 2 aromatic heterocycles. The van der Waals surface area contributed by atoms with Crippen LogP contribution in [0.15, 0.2) is 55.2 Å². The zero-order valence-electron chi connectivity index (χ0n) is 12.3. The molecule has 0 fully saturated rings. The third-order valence-corrected chi connectivity index (χ3v) is 3.10. The molecule has 120 valence electrons. The van der Waals surface area contributed by atoms with Crippen LogP contribution in [0.25, 0.3) is 0 Å². The number of pyridine rings is 1. The molecule has 0 saturated carbocycles. The lowest BCUT2D eigenvalue weighted by molar-refractivity contribution is 0.0991. The second-order valence-electron chi connectivity index (χ2n) is 4.92. The minimum atomic E-state index is -0.611. The van der Waals surface area contributed by atoms with Crippen LogP contribution >= 0.6 is 0 Å². The zero-order chi connectivity index (χ0) is 16.9. The number of carbonyl (C=O) groups excluding carboxylic acids is 1. The number of halogens is 2. The number of Topliss-reactive ketones (excluding diaryl/α,β-unsaturated/α-hetero) is 1. The average molecular weight is 327 g/mol. The zero-order valence-corrected chi connectivity index (χ0v) is 12.3. The molecule has 0 aliphatic rings. The van der Waals surface area contributed by atoms with Crippen molar-refractivity contribution < 1.29 is 18.3 Å². The van der Waals surface area contributed by atoms with Crippen LogP contribution in [0.1, 0.15) is 16.1 Å². The molecule has 0 aliphatic carbocycles. The summed E-state index contributed by atoms with van der Waals surface area (Å²) in [6.45, 7) is 0. The van der Waals surface area contributed by atoms with Gasteiger partial charge < -0.3 is 4.74 Å². The van der Waals surface area contributed by atoms with Crippen molar-refractivity contribution in [1.82, 2.24) is 15.0 Å². The highest BCUT2D eigenvalue weighted by Gasteiger charge is 2.12. The largest absolute Gasteiger partial charge is 0.454 e. The second kappa shape index (κ2) is 6.91. The van der Waals surface area contributed by atoms with E-state index < -0.39 is 11.6 Å². The molecule has 0 bridgehead atoms. The smallest absolute Gasteiger partial charge is 0.169 e. The Bertz CT molecular complexity index is 855. The van der Waals surface area contributed by atoms with E-state index in [0.29, 0.717) is 11.4 Å². The van der Waals surface area contributed by atoms with Gasteiger partial charge in [-0.15, -0.1) is 0 Å². The Kier molecular flexibility index (Phi) is 4.51. The molecule has 0 saturated heterocycles. The second-order valence-corrected chi connectivity index (χ2v) is 4.92. The van der Waals surface area contributed by atoms with Gasteiger partial charge in [0.15, 0.2) is 11.5 Å². The first-order chi connectivity index (χ1) is 11.6. The Labute approximate surface area is 136 Å². The summed E-state index contributed by atoms with van der Waals surface area (Å²) in [7, 11) is 0. The minimum absolute atomic E-state index is 0.0718. The summed E-state index contributed by atoms with van der Waals surface area (Å²) in [5, 5.41) is 0. The third-order valence-electron chi connectivity index (χ3n) is 3.10. The molecule has 3 aromatic rings. The number of aromatic nitrogens is 3. The summed E-state index contributed by atoms with van der Waals surface area (Å²) < 4.78 is 32.0. The summed E-state index contributed by atoms with van der Waals surface area (Å²) >= 11 is 0. The van der Waals surface area contributed by atoms with Crippen molar-refractivity contribution in [3.8, 4) is 11.5 Å². The maximum atomic E-state index is 13.8. The van der Waals surface area contributed by atoms with Gasteiger partial charge in [0.1, 0.15) is 23.7 Å². The molecule has 7 heteroatoms.